The third-order valence-corrected chi connectivity index (χ3v) is 3.50. The minimum Gasteiger partial charge on any atom is -0.350 e. The van der Waals surface area contributed by atoms with Crippen LogP contribution in [0.1, 0.15) is 42.5 Å². The maximum atomic E-state index is 11.4. The molecule has 106 valence electrons. The zero-order valence-electron chi connectivity index (χ0n) is 12.8. The van der Waals surface area contributed by atoms with Crippen molar-refractivity contribution in [1.82, 2.24) is 5.32 Å². The lowest BCUT2D eigenvalue weighted by Crippen LogP contribution is -2.46. The number of carbonyl (C=O) groups excluding carboxylic acids is 1. The number of nitrogens with one attached hydrogen (secondary N) is 1. The first-order valence-corrected chi connectivity index (χ1v) is 6.83. The topological polar surface area (TPSA) is 55.1 Å². The summed E-state index contributed by atoms with van der Waals surface area (Å²) in [5.74, 6) is -0.0950. The highest BCUT2D eigenvalue weighted by Gasteiger charge is 2.20. The zero-order valence-corrected chi connectivity index (χ0v) is 12.8. The summed E-state index contributed by atoms with van der Waals surface area (Å²) >= 11 is 0. The van der Waals surface area contributed by atoms with Crippen LogP contribution in [0.2, 0.25) is 0 Å². The molecule has 0 atom stereocenters. The summed E-state index contributed by atoms with van der Waals surface area (Å²) in [4.78, 5) is 11.4. The van der Waals surface area contributed by atoms with Gasteiger partial charge >= 0.3 is 0 Å². The second-order valence-corrected chi connectivity index (χ2v) is 6.01. The SMILES string of the molecule is Cc1cc(C)c(CCC(C)(C)NC(=O)CN)c(C)c1. The van der Waals surface area contributed by atoms with Crippen molar-refractivity contribution in [1.29, 1.82) is 0 Å². The Morgan fingerprint density at radius 2 is 1.74 bits per heavy atom. The molecule has 0 aliphatic carbocycles. The Kier molecular flexibility index (Phi) is 5.12. The lowest BCUT2D eigenvalue weighted by Gasteiger charge is -2.27. The Hall–Kier alpha value is -1.35. The molecule has 0 aliphatic heterocycles. The van der Waals surface area contributed by atoms with E-state index in [2.05, 4.69) is 38.2 Å². The predicted octanol–water partition coefficient (Wildman–Crippen LogP) is 2.40. The van der Waals surface area contributed by atoms with E-state index < -0.39 is 0 Å². The van der Waals surface area contributed by atoms with Crippen LogP contribution in [-0.2, 0) is 11.2 Å². The molecule has 19 heavy (non-hydrogen) atoms. The third kappa shape index (κ3) is 4.67. The molecule has 0 spiro atoms. The number of nitrogens with two attached hydrogens (primary N) is 1. The summed E-state index contributed by atoms with van der Waals surface area (Å²) in [6.07, 6.45) is 1.87. The van der Waals surface area contributed by atoms with Gasteiger partial charge in [0.2, 0.25) is 5.91 Å². The normalized spacial score (nSPS) is 11.5. The lowest BCUT2D eigenvalue weighted by molar-refractivity contribution is -0.121. The molecule has 1 amide bonds. The summed E-state index contributed by atoms with van der Waals surface area (Å²) in [6, 6.07) is 4.43. The molecule has 1 aromatic carbocycles. The molecule has 3 nitrogen and oxygen atoms in total. The van der Waals surface area contributed by atoms with Crippen LogP contribution in [0.25, 0.3) is 0 Å². The van der Waals surface area contributed by atoms with Crippen molar-refractivity contribution in [3.63, 3.8) is 0 Å². The van der Waals surface area contributed by atoms with E-state index in [0.717, 1.165) is 12.8 Å². The molecule has 0 saturated heterocycles. The van der Waals surface area contributed by atoms with Crippen molar-refractivity contribution in [2.24, 2.45) is 5.73 Å². The van der Waals surface area contributed by atoms with Gasteiger partial charge in [0.15, 0.2) is 0 Å². The lowest BCUT2D eigenvalue weighted by atomic mass is 9.90. The fourth-order valence-electron chi connectivity index (χ4n) is 2.53. The second-order valence-electron chi connectivity index (χ2n) is 6.01. The van der Waals surface area contributed by atoms with Crippen molar-refractivity contribution >= 4 is 5.91 Å². The fourth-order valence-corrected chi connectivity index (χ4v) is 2.53. The van der Waals surface area contributed by atoms with Crippen molar-refractivity contribution in [3.05, 3.63) is 34.4 Å². The molecule has 0 aliphatic rings. The van der Waals surface area contributed by atoms with E-state index in [1.165, 1.54) is 22.3 Å². The molecule has 0 heterocycles. The van der Waals surface area contributed by atoms with Crippen molar-refractivity contribution in [3.8, 4) is 0 Å². The van der Waals surface area contributed by atoms with Gasteiger partial charge in [0.1, 0.15) is 0 Å². The first-order valence-electron chi connectivity index (χ1n) is 6.83. The number of carbonyl (C=O) groups is 1. The molecular weight excluding hydrogens is 236 g/mol. The van der Waals surface area contributed by atoms with Crippen molar-refractivity contribution in [2.45, 2.75) is 53.0 Å². The zero-order chi connectivity index (χ0) is 14.6. The minimum absolute atomic E-state index is 0.0476. The van der Waals surface area contributed by atoms with E-state index in [-0.39, 0.29) is 18.0 Å². The average molecular weight is 262 g/mol. The molecular formula is C16H26N2O. The summed E-state index contributed by atoms with van der Waals surface area (Å²) < 4.78 is 0. The van der Waals surface area contributed by atoms with E-state index in [9.17, 15) is 4.79 Å². The average Bonchev–Trinajstić information content (AvgIpc) is 2.26. The third-order valence-electron chi connectivity index (χ3n) is 3.50. The molecule has 0 unspecified atom stereocenters. The van der Waals surface area contributed by atoms with Gasteiger partial charge in [-0.1, -0.05) is 17.7 Å². The first kappa shape index (κ1) is 15.7. The minimum atomic E-state index is -0.222. The summed E-state index contributed by atoms with van der Waals surface area (Å²) in [5.41, 5.74) is 10.5. The van der Waals surface area contributed by atoms with Crippen molar-refractivity contribution in [2.75, 3.05) is 6.54 Å². The Bertz CT molecular complexity index is 441. The first-order chi connectivity index (χ1) is 8.75. The van der Waals surface area contributed by atoms with Gasteiger partial charge in [-0.2, -0.15) is 0 Å². The van der Waals surface area contributed by atoms with Crippen molar-refractivity contribution < 1.29 is 4.79 Å². The molecule has 3 heteroatoms. The molecule has 3 N–H and O–H groups in total. The van der Waals surface area contributed by atoms with Crippen LogP contribution in [0.3, 0.4) is 0 Å². The van der Waals surface area contributed by atoms with E-state index in [0.29, 0.717) is 0 Å². The number of hydrogen-bond acceptors (Lipinski definition) is 2. The maximum Gasteiger partial charge on any atom is 0.234 e. The Morgan fingerprint density at radius 1 is 1.21 bits per heavy atom. The van der Waals surface area contributed by atoms with Crippen LogP contribution in [0.15, 0.2) is 12.1 Å². The van der Waals surface area contributed by atoms with Gasteiger partial charge in [0.25, 0.3) is 0 Å². The number of aryl methyl sites for hydroxylation is 3. The van der Waals surface area contributed by atoms with E-state index in [1.54, 1.807) is 0 Å². The number of amides is 1. The predicted molar refractivity (Wildman–Crippen MR) is 80.3 cm³/mol. The summed E-state index contributed by atoms with van der Waals surface area (Å²) in [5, 5.41) is 2.96. The van der Waals surface area contributed by atoms with Crippen LogP contribution in [0.5, 0.6) is 0 Å². The smallest absolute Gasteiger partial charge is 0.234 e. The van der Waals surface area contributed by atoms with Gasteiger partial charge in [0, 0.05) is 5.54 Å². The Labute approximate surface area is 116 Å². The van der Waals surface area contributed by atoms with Gasteiger partial charge in [-0.3, -0.25) is 4.79 Å². The van der Waals surface area contributed by atoms with Crippen LogP contribution in [-0.4, -0.2) is 18.0 Å². The summed E-state index contributed by atoms with van der Waals surface area (Å²) in [7, 11) is 0. The highest BCUT2D eigenvalue weighted by atomic mass is 16.1. The van der Waals surface area contributed by atoms with E-state index >= 15 is 0 Å². The van der Waals surface area contributed by atoms with Crippen LogP contribution in [0.4, 0.5) is 0 Å². The Balaban J connectivity index is 2.74. The van der Waals surface area contributed by atoms with Gasteiger partial charge in [0.05, 0.1) is 6.54 Å². The molecule has 0 radical (unpaired) electrons. The van der Waals surface area contributed by atoms with Crippen LogP contribution >= 0.6 is 0 Å². The van der Waals surface area contributed by atoms with Crippen LogP contribution < -0.4 is 11.1 Å². The van der Waals surface area contributed by atoms with E-state index in [1.807, 2.05) is 13.8 Å². The molecule has 1 aromatic rings. The monoisotopic (exact) mass is 262 g/mol. The number of benzene rings is 1. The molecule has 1 rings (SSSR count). The molecule has 0 bridgehead atoms. The van der Waals surface area contributed by atoms with Gasteiger partial charge in [-0.15, -0.1) is 0 Å². The molecule has 0 saturated carbocycles. The number of rotatable bonds is 5. The fraction of sp³-hybridized carbons (Fsp3) is 0.562. The van der Waals surface area contributed by atoms with Gasteiger partial charge in [-0.25, -0.2) is 0 Å². The molecule has 0 aromatic heterocycles. The molecule has 0 fully saturated rings. The van der Waals surface area contributed by atoms with E-state index in [4.69, 9.17) is 5.73 Å². The van der Waals surface area contributed by atoms with Gasteiger partial charge in [-0.05, 0) is 64.2 Å². The number of hydrogen-bond donors (Lipinski definition) is 2. The maximum absolute atomic E-state index is 11.4. The second kappa shape index (κ2) is 6.20. The standard InChI is InChI=1S/C16H26N2O/c1-11-8-12(2)14(13(3)9-11)6-7-16(4,5)18-15(19)10-17/h8-9H,6-7,10,17H2,1-5H3,(H,18,19). The Morgan fingerprint density at radius 3 is 2.21 bits per heavy atom. The highest BCUT2D eigenvalue weighted by Crippen LogP contribution is 2.21. The van der Waals surface area contributed by atoms with Crippen LogP contribution in [0, 0.1) is 20.8 Å². The van der Waals surface area contributed by atoms with Gasteiger partial charge < -0.3 is 11.1 Å². The summed E-state index contributed by atoms with van der Waals surface area (Å²) in [6.45, 7) is 10.6. The quantitative estimate of drug-likeness (QED) is 0.856. The highest BCUT2D eigenvalue weighted by molar-refractivity contribution is 5.78. The largest absolute Gasteiger partial charge is 0.350 e.